The van der Waals surface area contributed by atoms with Gasteiger partial charge < -0.3 is 15.3 Å². The van der Waals surface area contributed by atoms with E-state index < -0.39 is 0 Å². The number of piperidine rings is 2. The van der Waals surface area contributed by atoms with Crippen molar-refractivity contribution in [2.24, 2.45) is 0 Å². The SMILES string of the molecule is Cc1cccc(C(=O)NC2CC3CCCC(C2)N3C)c1O. The molecule has 2 aliphatic rings. The number of amides is 1. The molecule has 2 saturated heterocycles. The highest BCUT2D eigenvalue weighted by molar-refractivity contribution is 5.97. The molecule has 21 heavy (non-hydrogen) atoms. The molecular weight excluding hydrogens is 264 g/mol. The van der Waals surface area contributed by atoms with Crippen LogP contribution in [-0.2, 0) is 0 Å². The molecule has 2 fully saturated rings. The van der Waals surface area contributed by atoms with Gasteiger partial charge in [0.25, 0.3) is 5.91 Å². The average molecular weight is 288 g/mol. The first-order valence-electron chi connectivity index (χ1n) is 7.87. The van der Waals surface area contributed by atoms with Crippen LogP contribution in [0.2, 0.25) is 0 Å². The number of aryl methyl sites for hydroxylation is 1. The van der Waals surface area contributed by atoms with Crippen LogP contribution in [0.5, 0.6) is 5.75 Å². The Labute approximate surface area is 126 Å². The van der Waals surface area contributed by atoms with Crippen LogP contribution in [0.4, 0.5) is 0 Å². The van der Waals surface area contributed by atoms with E-state index in [1.54, 1.807) is 6.07 Å². The van der Waals surface area contributed by atoms with Gasteiger partial charge in [-0.1, -0.05) is 18.6 Å². The Balaban J connectivity index is 1.69. The summed E-state index contributed by atoms with van der Waals surface area (Å²) in [6.07, 6.45) is 5.81. The quantitative estimate of drug-likeness (QED) is 0.879. The second-order valence-corrected chi connectivity index (χ2v) is 6.52. The van der Waals surface area contributed by atoms with E-state index in [2.05, 4.69) is 17.3 Å². The van der Waals surface area contributed by atoms with Gasteiger partial charge in [-0.05, 0) is 51.3 Å². The van der Waals surface area contributed by atoms with Crippen molar-refractivity contribution >= 4 is 5.91 Å². The van der Waals surface area contributed by atoms with Crippen LogP contribution in [0, 0.1) is 6.92 Å². The molecule has 114 valence electrons. The first-order chi connectivity index (χ1) is 10.1. The molecule has 4 heteroatoms. The molecule has 0 aliphatic carbocycles. The maximum Gasteiger partial charge on any atom is 0.255 e. The molecule has 2 atom stereocenters. The van der Waals surface area contributed by atoms with Crippen LogP contribution < -0.4 is 5.32 Å². The molecule has 4 nitrogen and oxygen atoms in total. The van der Waals surface area contributed by atoms with Crippen LogP contribution in [0.1, 0.15) is 48.0 Å². The zero-order valence-electron chi connectivity index (χ0n) is 12.8. The fourth-order valence-corrected chi connectivity index (χ4v) is 3.84. The number of fused-ring (bicyclic) bond motifs is 2. The zero-order chi connectivity index (χ0) is 15.0. The highest BCUT2D eigenvalue weighted by Crippen LogP contribution is 2.33. The van der Waals surface area contributed by atoms with E-state index in [4.69, 9.17) is 0 Å². The summed E-state index contributed by atoms with van der Waals surface area (Å²) in [5, 5.41) is 13.2. The van der Waals surface area contributed by atoms with Gasteiger partial charge in [0.1, 0.15) is 5.75 Å². The summed E-state index contributed by atoms with van der Waals surface area (Å²) in [4.78, 5) is 14.9. The Morgan fingerprint density at radius 2 is 1.95 bits per heavy atom. The monoisotopic (exact) mass is 288 g/mol. The molecule has 2 unspecified atom stereocenters. The van der Waals surface area contributed by atoms with Crippen molar-refractivity contribution in [2.75, 3.05) is 7.05 Å². The third-order valence-corrected chi connectivity index (χ3v) is 5.16. The summed E-state index contributed by atoms with van der Waals surface area (Å²) >= 11 is 0. The number of phenolic OH excluding ortho intramolecular Hbond substituents is 1. The predicted octanol–water partition coefficient (Wildman–Crippen LogP) is 2.45. The summed E-state index contributed by atoms with van der Waals surface area (Å²) in [7, 11) is 2.21. The molecule has 2 bridgehead atoms. The van der Waals surface area contributed by atoms with E-state index in [0.717, 1.165) is 18.4 Å². The van der Waals surface area contributed by atoms with Gasteiger partial charge in [-0.3, -0.25) is 4.79 Å². The number of nitrogens with zero attached hydrogens (tertiary/aromatic N) is 1. The number of hydrogen-bond acceptors (Lipinski definition) is 3. The Kier molecular flexibility index (Phi) is 3.89. The van der Waals surface area contributed by atoms with Gasteiger partial charge in [0.05, 0.1) is 5.56 Å². The first-order valence-corrected chi connectivity index (χ1v) is 7.87. The van der Waals surface area contributed by atoms with Crippen molar-refractivity contribution in [3.8, 4) is 5.75 Å². The van der Waals surface area contributed by atoms with Crippen molar-refractivity contribution in [3.05, 3.63) is 29.3 Å². The van der Waals surface area contributed by atoms with Crippen molar-refractivity contribution in [3.63, 3.8) is 0 Å². The van der Waals surface area contributed by atoms with Crippen LogP contribution in [0.25, 0.3) is 0 Å². The van der Waals surface area contributed by atoms with Crippen molar-refractivity contribution in [2.45, 2.75) is 57.2 Å². The number of hydrogen-bond donors (Lipinski definition) is 2. The van der Waals surface area contributed by atoms with Crippen molar-refractivity contribution < 1.29 is 9.90 Å². The molecule has 0 radical (unpaired) electrons. The fraction of sp³-hybridized carbons (Fsp3) is 0.588. The molecule has 1 amide bonds. The Hall–Kier alpha value is -1.55. The van der Waals surface area contributed by atoms with Crippen molar-refractivity contribution in [1.82, 2.24) is 10.2 Å². The summed E-state index contributed by atoms with van der Waals surface area (Å²) in [5.41, 5.74) is 1.13. The highest BCUT2D eigenvalue weighted by Gasteiger charge is 2.36. The van der Waals surface area contributed by atoms with E-state index in [-0.39, 0.29) is 17.7 Å². The molecule has 3 rings (SSSR count). The number of aromatic hydroxyl groups is 1. The lowest BCUT2D eigenvalue weighted by atomic mass is 9.82. The van der Waals surface area contributed by atoms with Crippen LogP contribution >= 0.6 is 0 Å². The van der Waals surface area contributed by atoms with Crippen LogP contribution in [0.15, 0.2) is 18.2 Å². The summed E-state index contributed by atoms with van der Waals surface area (Å²) in [6, 6.07) is 6.72. The standard InChI is InChI=1S/C17H24N2O2/c1-11-5-3-8-15(16(11)20)17(21)18-12-9-13-6-4-7-14(10-12)19(13)2/h3,5,8,12-14,20H,4,6-7,9-10H2,1-2H3,(H,18,21). The molecule has 2 aliphatic heterocycles. The van der Waals surface area contributed by atoms with Crippen LogP contribution in [-0.4, -0.2) is 41.1 Å². The second-order valence-electron chi connectivity index (χ2n) is 6.52. The summed E-state index contributed by atoms with van der Waals surface area (Å²) in [5.74, 6) is -0.0491. The molecule has 2 heterocycles. The topological polar surface area (TPSA) is 52.6 Å². The van der Waals surface area contributed by atoms with Gasteiger partial charge in [-0.15, -0.1) is 0 Å². The number of phenols is 1. The van der Waals surface area contributed by atoms with Crippen LogP contribution in [0.3, 0.4) is 0 Å². The summed E-state index contributed by atoms with van der Waals surface area (Å²) < 4.78 is 0. The molecule has 0 saturated carbocycles. The molecule has 1 aromatic carbocycles. The second kappa shape index (κ2) is 5.68. The lowest BCUT2D eigenvalue weighted by Gasteiger charge is -2.47. The van der Waals surface area contributed by atoms with Gasteiger partial charge in [0.2, 0.25) is 0 Å². The smallest absolute Gasteiger partial charge is 0.255 e. The minimum atomic E-state index is -0.149. The van der Waals surface area contributed by atoms with E-state index in [1.165, 1.54) is 19.3 Å². The third kappa shape index (κ3) is 2.77. The van der Waals surface area contributed by atoms with Gasteiger partial charge in [-0.25, -0.2) is 0 Å². The predicted molar refractivity (Wildman–Crippen MR) is 82.5 cm³/mol. The molecule has 1 aromatic rings. The number of para-hydroxylation sites is 1. The fourth-order valence-electron chi connectivity index (χ4n) is 3.84. The lowest BCUT2D eigenvalue weighted by molar-refractivity contribution is 0.0462. The first kappa shape index (κ1) is 14.4. The largest absolute Gasteiger partial charge is 0.507 e. The number of benzene rings is 1. The molecule has 0 aromatic heterocycles. The normalized spacial score (nSPS) is 29.1. The Morgan fingerprint density at radius 1 is 1.29 bits per heavy atom. The lowest BCUT2D eigenvalue weighted by Crippen LogP contribution is -2.55. The van der Waals surface area contributed by atoms with Gasteiger partial charge >= 0.3 is 0 Å². The van der Waals surface area contributed by atoms with Gasteiger partial charge in [0, 0.05) is 18.1 Å². The molecule has 0 spiro atoms. The number of carbonyl (C=O) groups is 1. The molecular formula is C17H24N2O2. The number of carbonyl (C=O) groups excluding carboxylic acids is 1. The number of rotatable bonds is 2. The van der Waals surface area contributed by atoms with Crippen molar-refractivity contribution in [1.29, 1.82) is 0 Å². The maximum absolute atomic E-state index is 12.4. The van der Waals surface area contributed by atoms with E-state index in [9.17, 15) is 9.90 Å². The van der Waals surface area contributed by atoms with E-state index >= 15 is 0 Å². The van der Waals surface area contributed by atoms with E-state index in [1.807, 2.05) is 19.1 Å². The van der Waals surface area contributed by atoms with E-state index in [0.29, 0.717) is 17.6 Å². The highest BCUT2D eigenvalue weighted by atomic mass is 16.3. The number of nitrogens with one attached hydrogen (secondary N) is 1. The van der Waals surface area contributed by atoms with Gasteiger partial charge in [0.15, 0.2) is 0 Å². The Bertz CT molecular complexity index is 530. The third-order valence-electron chi connectivity index (χ3n) is 5.16. The zero-order valence-corrected chi connectivity index (χ0v) is 12.8. The minimum Gasteiger partial charge on any atom is -0.507 e. The summed E-state index contributed by atoms with van der Waals surface area (Å²) in [6.45, 7) is 1.81. The van der Waals surface area contributed by atoms with Gasteiger partial charge in [-0.2, -0.15) is 0 Å². The minimum absolute atomic E-state index is 0.100. The average Bonchev–Trinajstić information content (AvgIpc) is 2.43. The maximum atomic E-state index is 12.4. The molecule has 2 N–H and O–H groups in total. The Morgan fingerprint density at radius 3 is 2.62 bits per heavy atom.